The maximum absolute atomic E-state index is 12.3. The van der Waals surface area contributed by atoms with E-state index in [0.29, 0.717) is 43.4 Å². The van der Waals surface area contributed by atoms with Crippen molar-refractivity contribution in [1.29, 1.82) is 0 Å². The summed E-state index contributed by atoms with van der Waals surface area (Å²) in [6.07, 6.45) is 0.754. The highest BCUT2D eigenvalue weighted by Gasteiger charge is 2.28. The number of carbonyl (C=O) groups excluding carboxylic acids is 1. The van der Waals surface area contributed by atoms with Gasteiger partial charge in [-0.2, -0.15) is 0 Å². The third-order valence-electron chi connectivity index (χ3n) is 3.59. The molecule has 1 amide bonds. The Morgan fingerprint density at radius 3 is 2.91 bits per heavy atom. The fourth-order valence-electron chi connectivity index (χ4n) is 2.46. The molecule has 0 spiro atoms. The number of aliphatic carboxylic acids is 1. The van der Waals surface area contributed by atoms with Gasteiger partial charge in [-0.05, 0) is 18.6 Å². The molecule has 0 saturated carbocycles. The zero-order valence-corrected chi connectivity index (χ0v) is 13.5. The lowest BCUT2D eigenvalue weighted by molar-refractivity contribution is -0.146. The number of carbonyl (C=O) groups is 2. The Morgan fingerprint density at radius 2 is 2.17 bits per heavy atom. The molecule has 1 unspecified atom stereocenters. The fourth-order valence-corrected chi connectivity index (χ4v) is 2.66. The van der Waals surface area contributed by atoms with Crippen molar-refractivity contribution in [2.75, 3.05) is 26.4 Å². The highest BCUT2D eigenvalue weighted by molar-refractivity contribution is 6.32. The molecule has 1 atom stereocenters. The minimum Gasteiger partial charge on any atom is -0.492 e. The van der Waals surface area contributed by atoms with Crippen LogP contribution in [0.1, 0.15) is 19.3 Å². The van der Waals surface area contributed by atoms with Crippen molar-refractivity contribution >= 4 is 23.5 Å². The van der Waals surface area contributed by atoms with Gasteiger partial charge < -0.3 is 19.5 Å². The standard InChI is InChI=1S/C16H20ClNO5/c17-13-4-1-2-5-14(13)23-8-3-6-15(19)18-7-9-22-11-12(18)10-16(20)21/h1-2,4-5,12H,3,6-11H2,(H,20,21). The molecule has 23 heavy (non-hydrogen) atoms. The minimum atomic E-state index is -0.930. The summed E-state index contributed by atoms with van der Waals surface area (Å²) in [7, 11) is 0. The molecule has 126 valence electrons. The van der Waals surface area contributed by atoms with Crippen LogP contribution in [0.3, 0.4) is 0 Å². The number of rotatable bonds is 7. The minimum absolute atomic E-state index is 0.0673. The van der Waals surface area contributed by atoms with Gasteiger partial charge in [-0.1, -0.05) is 23.7 Å². The molecule has 0 radical (unpaired) electrons. The molecule has 1 saturated heterocycles. The van der Waals surface area contributed by atoms with E-state index in [-0.39, 0.29) is 18.9 Å². The number of para-hydroxylation sites is 1. The molecule has 7 heteroatoms. The van der Waals surface area contributed by atoms with Gasteiger partial charge in [-0.25, -0.2) is 0 Å². The first-order valence-electron chi connectivity index (χ1n) is 7.54. The predicted molar refractivity (Wildman–Crippen MR) is 84.8 cm³/mol. The molecule has 1 aromatic rings. The van der Waals surface area contributed by atoms with Gasteiger partial charge in [0, 0.05) is 13.0 Å². The second-order valence-corrected chi connectivity index (χ2v) is 5.70. The largest absolute Gasteiger partial charge is 0.492 e. The van der Waals surface area contributed by atoms with E-state index in [0.717, 1.165) is 0 Å². The summed E-state index contributed by atoms with van der Waals surface area (Å²) in [4.78, 5) is 24.7. The second-order valence-electron chi connectivity index (χ2n) is 5.30. The van der Waals surface area contributed by atoms with Crippen molar-refractivity contribution in [2.45, 2.75) is 25.3 Å². The van der Waals surface area contributed by atoms with Crippen molar-refractivity contribution in [1.82, 2.24) is 4.90 Å². The van der Waals surface area contributed by atoms with Crippen LogP contribution >= 0.6 is 11.6 Å². The van der Waals surface area contributed by atoms with E-state index < -0.39 is 12.0 Å². The second kappa shape index (κ2) is 8.74. The van der Waals surface area contributed by atoms with Crippen LogP contribution in [0, 0.1) is 0 Å². The maximum Gasteiger partial charge on any atom is 0.305 e. The molecular formula is C16H20ClNO5. The molecule has 6 nitrogen and oxygen atoms in total. The lowest BCUT2D eigenvalue weighted by Crippen LogP contribution is -2.49. The van der Waals surface area contributed by atoms with E-state index in [1.807, 2.05) is 12.1 Å². The first-order chi connectivity index (χ1) is 11.1. The maximum atomic E-state index is 12.3. The number of nitrogens with zero attached hydrogens (tertiary/aromatic N) is 1. The molecule has 0 aromatic heterocycles. The van der Waals surface area contributed by atoms with Crippen LogP contribution in [0.5, 0.6) is 5.75 Å². The van der Waals surface area contributed by atoms with Gasteiger partial charge in [-0.15, -0.1) is 0 Å². The molecule has 1 fully saturated rings. The number of morpholine rings is 1. The van der Waals surface area contributed by atoms with Gasteiger partial charge in [0.25, 0.3) is 0 Å². The lowest BCUT2D eigenvalue weighted by Gasteiger charge is -2.35. The summed E-state index contributed by atoms with van der Waals surface area (Å²) >= 11 is 5.99. The van der Waals surface area contributed by atoms with Gasteiger partial charge >= 0.3 is 5.97 Å². The van der Waals surface area contributed by atoms with Crippen LogP contribution in [0.2, 0.25) is 5.02 Å². The Kier molecular flexibility index (Phi) is 6.67. The average molecular weight is 342 g/mol. The van der Waals surface area contributed by atoms with Crippen molar-refractivity contribution < 1.29 is 24.2 Å². The monoisotopic (exact) mass is 341 g/mol. The predicted octanol–water partition coefficient (Wildman–Crippen LogP) is 2.20. The number of halogens is 1. The summed E-state index contributed by atoms with van der Waals surface area (Å²) in [5.41, 5.74) is 0. The first-order valence-corrected chi connectivity index (χ1v) is 7.92. The summed E-state index contributed by atoms with van der Waals surface area (Å²) < 4.78 is 10.8. The van der Waals surface area contributed by atoms with Crippen LogP contribution in [0.15, 0.2) is 24.3 Å². The van der Waals surface area contributed by atoms with Crippen LogP contribution in [-0.2, 0) is 14.3 Å². The number of hydrogen-bond donors (Lipinski definition) is 1. The number of amides is 1. The van der Waals surface area contributed by atoms with Crippen molar-refractivity contribution in [2.24, 2.45) is 0 Å². The average Bonchev–Trinajstić information content (AvgIpc) is 2.53. The Balaban J connectivity index is 1.77. The third kappa shape index (κ3) is 5.41. The van der Waals surface area contributed by atoms with Gasteiger partial charge in [0.15, 0.2) is 0 Å². The lowest BCUT2D eigenvalue weighted by atomic mass is 10.1. The van der Waals surface area contributed by atoms with Crippen molar-refractivity contribution in [3.05, 3.63) is 29.3 Å². The molecule has 1 aromatic carbocycles. The molecule has 1 aliphatic rings. The number of benzene rings is 1. The Hall–Kier alpha value is -1.79. The summed E-state index contributed by atoms with van der Waals surface area (Å²) in [6.45, 7) is 1.53. The molecule has 0 aliphatic carbocycles. The molecule has 1 heterocycles. The fraction of sp³-hybridized carbons (Fsp3) is 0.500. The third-order valence-corrected chi connectivity index (χ3v) is 3.90. The highest BCUT2D eigenvalue weighted by atomic mass is 35.5. The Bertz CT molecular complexity index is 551. The van der Waals surface area contributed by atoms with Crippen LogP contribution in [0.25, 0.3) is 0 Å². The van der Waals surface area contributed by atoms with Crippen LogP contribution in [-0.4, -0.2) is 54.3 Å². The quantitative estimate of drug-likeness (QED) is 0.769. The Labute approximate surface area is 139 Å². The Morgan fingerprint density at radius 1 is 1.39 bits per heavy atom. The van der Waals surface area contributed by atoms with E-state index >= 15 is 0 Å². The summed E-state index contributed by atoms with van der Waals surface area (Å²) in [5, 5.41) is 9.44. The van der Waals surface area contributed by atoms with Crippen LogP contribution in [0.4, 0.5) is 0 Å². The van der Waals surface area contributed by atoms with E-state index in [2.05, 4.69) is 0 Å². The molecule has 0 bridgehead atoms. The normalized spacial score (nSPS) is 17.8. The SMILES string of the molecule is O=C(O)CC1COCCN1C(=O)CCCOc1ccccc1Cl. The van der Waals surface area contributed by atoms with E-state index in [1.165, 1.54) is 0 Å². The van der Waals surface area contributed by atoms with E-state index in [4.69, 9.17) is 26.2 Å². The number of ether oxygens (including phenoxy) is 2. The highest BCUT2D eigenvalue weighted by Crippen LogP contribution is 2.23. The van der Waals surface area contributed by atoms with Crippen molar-refractivity contribution in [3.8, 4) is 5.75 Å². The van der Waals surface area contributed by atoms with Crippen LogP contribution < -0.4 is 4.74 Å². The van der Waals surface area contributed by atoms with Gasteiger partial charge in [0.2, 0.25) is 5.91 Å². The number of carboxylic acid groups (broad SMARTS) is 1. The number of carboxylic acids is 1. The zero-order valence-electron chi connectivity index (χ0n) is 12.7. The zero-order chi connectivity index (χ0) is 16.7. The van der Waals surface area contributed by atoms with Gasteiger partial charge in [-0.3, -0.25) is 9.59 Å². The van der Waals surface area contributed by atoms with Gasteiger partial charge in [0.1, 0.15) is 5.75 Å². The summed E-state index contributed by atoms with van der Waals surface area (Å²) in [6, 6.07) is 6.77. The van der Waals surface area contributed by atoms with Gasteiger partial charge in [0.05, 0.1) is 37.3 Å². The van der Waals surface area contributed by atoms with E-state index in [9.17, 15) is 9.59 Å². The summed E-state index contributed by atoms with van der Waals surface area (Å²) in [5.74, 6) is -0.403. The van der Waals surface area contributed by atoms with Crippen molar-refractivity contribution in [3.63, 3.8) is 0 Å². The smallest absolute Gasteiger partial charge is 0.305 e. The van der Waals surface area contributed by atoms with E-state index in [1.54, 1.807) is 17.0 Å². The topological polar surface area (TPSA) is 76.1 Å². The molecular weight excluding hydrogens is 322 g/mol. The molecule has 1 N–H and O–H groups in total. The first kappa shape index (κ1) is 17.6. The molecule has 2 rings (SSSR count). The number of hydrogen-bond acceptors (Lipinski definition) is 4. The molecule has 1 aliphatic heterocycles.